The van der Waals surface area contributed by atoms with Gasteiger partial charge in [-0.1, -0.05) is 18.0 Å². The minimum absolute atomic E-state index is 0.0723. The minimum atomic E-state index is -3.75. The molecule has 1 N–H and O–H groups in total. The van der Waals surface area contributed by atoms with Crippen LogP contribution in [0.15, 0.2) is 11.2 Å². The zero-order valence-electron chi connectivity index (χ0n) is 12.3. The predicted octanol–water partition coefficient (Wildman–Crippen LogP) is 1.42. The van der Waals surface area contributed by atoms with Crippen molar-refractivity contribution < 1.29 is 8.42 Å². The van der Waals surface area contributed by atoms with Crippen LogP contribution in [-0.2, 0) is 17.1 Å². The van der Waals surface area contributed by atoms with Gasteiger partial charge < -0.3 is 0 Å². The summed E-state index contributed by atoms with van der Waals surface area (Å²) in [7, 11) is -2.12. The maximum absolute atomic E-state index is 13.1. The monoisotopic (exact) mass is 344 g/mol. The molecular weight excluding hydrogens is 328 g/mol. The molecule has 1 aliphatic heterocycles. The average Bonchev–Trinajstić information content (AvgIpc) is 3.08. The molecule has 22 heavy (non-hydrogen) atoms. The Morgan fingerprint density at radius 2 is 2.18 bits per heavy atom. The number of aromatic amines is 1. The molecule has 1 aliphatic rings. The van der Waals surface area contributed by atoms with Crippen molar-refractivity contribution in [2.45, 2.75) is 37.1 Å². The molecule has 2 aromatic rings. The fourth-order valence-corrected chi connectivity index (χ4v) is 5.23. The molecule has 0 saturated carbocycles. The van der Waals surface area contributed by atoms with Crippen molar-refractivity contribution in [1.82, 2.24) is 29.3 Å². The maximum atomic E-state index is 13.1. The van der Waals surface area contributed by atoms with Crippen LogP contribution in [0.4, 0.5) is 0 Å². The number of aromatic nitrogens is 5. The molecule has 0 radical (unpaired) electrons. The Kier molecular flexibility index (Phi) is 3.96. The fraction of sp³-hybridized carbons (Fsp3) is 0.583. The van der Waals surface area contributed by atoms with Crippen molar-refractivity contribution in [1.29, 1.82) is 0 Å². The van der Waals surface area contributed by atoms with E-state index in [0.717, 1.165) is 12.8 Å². The van der Waals surface area contributed by atoms with E-state index >= 15 is 0 Å². The third-order valence-electron chi connectivity index (χ3n) is 3.87. The summed E-state index contributed by atoms with van der Waals surface area (Å²) in [5, 5.41) is 10.8. The number of hydrogen-bond acceptors (Lipinski definition) is 5. The van der Waals surface area contributed by atoms with Crippen LogP contribution in [0.25, 0.3) is 0 Å². The number of hydrogen-bond donors (Lipinski definition) is 1. The minimum Gasteiger partial charge on any atom is -0.262 e. The van der Waals surface area contributed by atoms with Gasteiger partial charge in [-0.05, 0) is 19.8 Å². The largest absolute Gasteiger partial charge is 0.262 e. The summed E-state index contributed by atoms with van der Waals surface area (Å²) < 4.78 is 29.0. The molecule has 1 saturated heterocycles. The van der Waals surface area contributed by atoms with E-state index in [-0.39, 0.29) is 16.1 Å². The molecule has 3 heterocycles. The van der Waals surface area contributed by atoms with Gasteiger partial charge in [-0.3, -0.25) is 9.78 Å². The van der Waals surface area contributed by atoms with Crippen molar-refractivity contribution in [2.75, 3.05) is 6.54 Å². The van der Waals surface area contributed by atoms with Gasteiger partial charge in [0.2, 0.25) is 10.0 Å². The number of H-pyrrole nitrogens is 1. The normalized spacial score (nSPS) is 20.4. The van der Waals surface area contributed by atoms with Gasteiger partial charge in [0.15, 0.2) is 0 Å². The van der Waals surface area contributed by atoms with E-state index in [1.165, 1.54) is 15.3 Å². The van der Waals surface area contributed by atoms with Gasteiger partial charge >= 0.3 is 0 Å². The Bertz CT molecular complexity index is 770. The first-order valence-corrected chi connectivity index (χ1v) is 8.81. The second kappa shape index (κ2) is 5.64. The number of nitrogens with one attached hydrogen (secondary N) is 1. The van der Waals surface area contributed by atoms with E-state index in [1.807, 2.05) is 0 Å². The molecule has 2 aromatic heterocycles. The first-order valence-electron chi connectivity index (χ1n) is 6.99. The summed E-state index contributed by atoms with van der Waals surface area (Å²) in [5.41, 5.74) is 0.398. The third kappa shape index (κ3) is 2.42. The number of rotatable bonds is 3. The van der Waals surface area contributed by atoms with Crippen molar-refractivity contribution >= 4 is 21.6 Å². The van der Waals surface area contributed by atoms with E-state index in [2.05, 4.69) is 20.3 Å². The van der Waals surface area contributed by atoms with Crippen molar-refractivity contribution in [2.24, 2.45) is 7.05 Å². The lowest BCUT2D eigenvalue weighted by Gasteiger charge is -2.33. The molecule has 1 unspecified atom stereocenters. The lowest BCUT2D eigenvalue weighted by molar-refractivity contribution is 0.247. The standard InChI is InChI=1S/C12H17ClN6O2S/c1-8-10(11(13)18(2)17-8)22(20,21)19-6-4-3-5-9(19)12-14-7-15-16-12/h7,9H,3-6H2,1-2H3,(H,14,15,16). The smallest absolute Gasteiger partial charge is 0.248 e. The van der Waals surface area contributed by atoms with Crippen LogP contribution in [0.5, 0.6) is 0 Å². The lowest BCUT2D eigenvalue weighted by atomic mass is 10.0. The zero-order valence-corrected chi connectivity index (χ0v) is 13.9. The Morgan fingerprint density at radius 1 is 1.41 bits per heavy atom. The van der Waals surface area contributed by atoms with E-state index in [4.69, 9.17) is 11.6 Å². The molecule has 0 aromatic carbocycles. The number of halogens is 1. The molecule has 0 aliphatic carbocycles. The van der Waals surface area contributed by atoms with Crippen LogP contribution in [0.1, 0.15) is 36.8 Å². The van der Waals surface area contributed by atoms with Gasteiger partial charge in [-0.2, -0.15) is 14.5 Å². The van der Waals surface area contributed by atoms with Crippen molar-refractivity contribution in [3.8, 4) is 0 Å². The summed E-state index contributed by atoms with van der Waals surface area (Å²) >= 11 is 6.15. The zero-order chi connectivity index (χ0) is 15.9. The van der Waals surface area contributed by atoms with Gasteiger partial charge in [0.1, 0.15) is 22.2 Å². The van der Waals surface area contributed by atoms with Crippen molar-refractivity contribution in [3.63, 3.8) is 0 Å². The van der Waals surface area contributed by atoms with E-state index < -0.39 is 10.0 Å². The summed E-state index contributed by atoms with van der Waals surface area (Å²) in [5.74, 6) is 0.556. The predicted molar refractivity (Wildman–Crippen MR) is 79.8 cm³/mol. The van der Waals surface area contributed by atoms with E-state index in [1.54, 1.807) is 14.0 Å². The summed E-state index contributed by atoms with van der Waals surface area (Å²) in [6.07, 6.45) is 3.83. The summed E-state index contributed by atoms with van der Waals surface area (Å²) in [6.45, 7) is 2.07. The Balaban J connectivity index is 2.06. The van der Waals surface area contributed by atoms with Gasteiger partial charge in [0, 0.05) is 13.6 Å². The summed E-state index contributed by atoms with van der Waals surface area (Å²) in [4.78, 5) is 4.19. The molecule has 120 valence electrons. The molecule has 8 nitrogen and oxygen atoms in total. The number of piperidine rings is 1. The van der Waals surface area contributed by atoms with Crippen LogP contribution < -0.4 is 0 Å². The number of sulfonamides is 1. The number of aryl methyl sites for hydroxylation is 2. The Hall–Kier alpha value is -1.45. The first-order chi connectivity index (χ1) is 10.4. The van der Waals surface area contributed by atoms with Crippen LogP contribution in [-0.4, -0.2) is 44.2 Å². The van der Waals surface area contributed by atoms with Crippen LogP contribution in [0.2, 0.25) is 5.15 Å². The van der Waals surface area contributed by atoms with Crippen LogP contribution in [0.3, 0.4) is 0 Å². The highest BCUT2D eigenvalue weighted by Gasteiger charge is 2.39. The highest BCUT2D eigenvalue weighted by molar-refractivity contribution is 7.89. The van der Waals surface area contributed by atoms with Gasteiger partial charge in [0.05, 0.1) is 11.7 Å². The second-order valence-corrected chi connectivity index (χ2v) is 7.51. The third-order valence-corrected chi connectivity index (χ3v) is 6.47. The molecule has 1 fully saturated rings. The topological polar surface area (TPSA) is 96.8 Å². The lowest BCUT2D eigenvalue weighted by Crippen LogP contribution is -2.39. The average molecular weight is 345 g/mol. The SMILES string of the molecule is Cc1nn(C)c(Cl)c1S(=O)(=O)N1CCCCC1c1ncn[nH]1. The second-order valence-electron chi connectivity index (χ2n) is 5.33. The molecule has 0 bridgehead atoms. The van der Waals surface area contributed by atoms with Crippen molar-refractivity contribution in [3.05, 3.63) is 23.0 Å². The summed E-state index contributed by atoms with van der Waals surface area (Å²) in [6, 6.07) is -0.350. The quantitative estimate of drug-likeness (QED) is 0.908. The molecule has 1 atom stereocenters. The highest BCUT2D eigenvalue weighted by Crippen LogP contribution is 2.36. The molecule has 3 rings (SSSR count). The highest BCUT2D eigenvalue weighted by atomic mass is 35.5. The van der Waals surface area contributed by atoms with E-state index in [0.29, 0.717) is 24.5 Å². The number of nitrogens with zero attached hydrogens (tertiary/aromatic N) is 5. The fourth-order valence-electron chi connectivity index (χ4n) is 2.86. The maximum Gasteiger partial charge on any atom is 0.248 e. The van der Waals surface area contributed by atoms with E-state index in [9.17, 15) is 8.42 Å². The molecular formula is C12H17ClN6O2S. The first kappa shape index (κ1) is 15.4. The van der Waals surface area contributed by atoms with Crippen LogP contribution >= 0.6 is 11.6 Å². The van der Waals surface area contributed by atoms with Gasteiger partial charge in [0.25, 0.3) is 0 Å². The molecule has 0 amide bonds. The molecule has 10 heteroatoms. The Labute approximate surface area is 133 Å². The van der Waals surface area contributed by atoms with Crippen LogP contribution in [0, 0.1) is 6.92 Å². The Morgan fingerprint density at radius 3 is 2.77 bits per heavy atom. The molecule has 0 spiro atoms. The van der Waals surface area contributed by atoms with Gasteiger partial charge in [-0.15, -0.1) is 0 Å². The van der Waals surface area contributed by atoms with Gasteiger partial charge in [-0.25, -0.2) is 13.4 Å².